The Morgan fingerprint density at radius 2 is 2.31 bits per heavy atom. The molecular formula is C11H16N2O3. The van der Waals surface area contributed by atoms with Gasteiger partial charge in [-0.2, -0.15) is 0 Å². The fraction of sp³-hybridized carbons (Fsp3) is 0.455. The molecule has 0 bridgehead atoms. The lowest BCUT2D eigenvalue weighted by atomic mass is 10.1. The largest absolute Gasteiger partial charge is 0.396 e. The van der Waals surface area contributed by atoms with Gasteiger partial charge in [0.2, 0.25) is 5.56 Å². The van der Waals surface area contributed by atoms with Gasteiger partial charge in [-0.15, -0.1) is 0 Å². The Balaban J connectivity index is 2.67. The van der Waals surface area contributed by atoms with Gasteiger partial charge in [0.05, 0.1) is 0 Å². The van der Waals surface area contributed by atoms with Crippen LogP contribution in [-0.4, -0.2) is 28.6 Å². The van der Waals surface area contributed by atoms with E-state index in [1.807, 2.05) is 6.92 Å². The molecule has 0 aromatic carbocycles. The molecule has 0 spiro atoms. The van der Waals surface area contributed by atoms with Gasteiger partial charge in [0, 0.05) is 18.7 Å². The number of H-pyrrole nitrogens is 1. The first-order valence-corrected chi connectivity index (χ1v) is 5.28. The van der Waals surface area contributed by atoms with E-state index >= 15 is 0 Å². The van der Waals surface area contributed by atoms with Crippen LogP contribution in [0, 0.1) is 0 Å². The number of carbonyl (C=O) groups is 1. The van der Waals surface area contributed by atoms with Crippen molar-refractivity contribution in [3.8, 4) is 0 Å². The average Bonchev–Trinajstić information content (AvgIpc) is 2.28. The SMILES string of the molecule is CCC(CCO)NC(=O)c1cccc(=O)[nH]1. The van der Waals surface area contributed by atoms with Crippen molar-refractivity contribution in [3.63, 3.8) is 0 Å². The van der Waals surface area contributed by atoms with Crippen molar-refractivity contribution in [1.29, 1.82) is 0 Å². The highest BCUT2D eigenvalue weighted by atomic mass is 16.3. The fourth-order valence-corrected chi connectivity index (χ4v) is 1.38. The molecule has 1 unspecified atom stereocenters. The van der Waals surface area contributed by atoms with Gasteiger partial charge >= 0.3 is 0 Å². The van der Waals surface area contributed by atoms with Gasteiger partial charge in [-0.3, -0.25) is 9.59 Å². The first-order chi connectivity index (χ1) is 7.67. The van der Waals surface area contributed by atoms with Crippen molar-refractivity contribution in [3.05, 3.63) is 34.2 Å². The van der Waals surface area contributed by atoms with E-state index in [9.17, 15) is 9.59 Å². The molecule has 16 heavy (non-hydrogen) atoms. The fourth-order valence-electron chi connectivity index (χ4n) is 1.38. The Morgan fingerprint density at radius 1 is 1.56 bits per heavy atom. The smallest absolute Gasteiger partial charge is 0.268 e. The maximum absolute atomic E-state index is 11.7. The first-order valence-electron chi connectivity index (χ1n) is 5.28. The zero-order valence-electron chi connectivity index (χ0n) is 9.19. The first kappa shape index (κ1) is 12.4. The van der Waals surface area contributed by atoms with E-state index in [-0.39, 0.29) is 29.8 Å². The number of hydrogen-bond donors (Lipinski definition) is 3. The zero-order chi connectivity index (χ0) is 12.0. The monoisotopic (exact) mass is 224 g/mol. The molecule has 0 saturated heterocycles. The van der Waals surface area contributed by atoms with Crippen molar-refractivity contribution in [1.82, 2.24) is 10.3 Å². The van der Waals surface area contributed by atoms with E-state index in [2.05, 4.69) is 10.3 Å². The van der Waals surface area contributed by atoms with Crippen LogP contribution in [0.1, 0.15) is 30.3 Å². The molecule has 1 aromatic heterocycles. The molecule has 3 N–H and O–H groups in total. The highest BCUT2D eigenvalue weighted by Crippen LogP contribution is 1.99. The molecule has 0 aliphatic carbocycles. The number of aromatic amines is 1. The van der Waals surface area contributed by atoms with E-state index in [1.165, 1.54) is 12.1 Å². The molecule has 0 aliphatic rings. The summed E-state index contributed by atoms with van der Waals surface area (Å²) in [4.78, 5) is 25.1. The Kier molecular flexibility index (Phi) is 4.72. The van der Waals surface area contributed by atoms with Gasteiger partial charge in [0.25, 0.3) is 5.91 Å². The van der Waals surface area contributed by atoms with Crippen molar-refractivity contribution in [2.45, 2.75) is 25.8 Å². The van der Waals surface area contributed by atoms with Gasteiger partial charge in [-0.05, 0) is 18.9 Å². The van der Waals surface area contributed by atoms with Crippen molar-refractivity contribution in [2.24, 2.45) is 0 Å². The molecule has 1 aromatic rings. The van der Waals surface area contributed by atoms with Gasteiger partial charge in [-0.25, -0.2) is 0 Å². The summed E-state index contributed by atoms with van der Waals surface area (Å²) in [6.45, 7) is 1.96. The number of carbonyl (C=O) groups excluding carboxylic acids is 1. The summed E-state index contributed by atoms with van der Waals surface area (Å²) in [5.41, 5.74) is -0.0632. The molecule has 0 saturated carbocycles. The second kappa shape index (κ2) is 6.07. The predicted molar refractivity (Wildman–Crippen MR) is 60.3 cm³/mol. The number of rotatable bonds is 5. The number of aliphatic hydroxyl groups is 1. The van der Waals surface area contributed by atoms with Crippen LogP contribution in [0.25, 0.3) is 0 Å². The lowest BCUT2D eigenvalue weighted by molar-refractivity contribution is 0.0924. The van der Waals surface area contributed by atoms with E-state index in [1.54, 1.807) is 6.07 Å². The number of hydrogen-bond acceptors (Lipinski definition) is 3. The number of aromatic nitrogens is 1. The molecule has 88 valence electrons. The summed E-state index contributed by atoms with van der Waals surface area (Å²) in [6, 6.07) is 4.35. The standard InChI is InChI=1S/C11H16N2O3/c1-2-8(6-7-14)12-11(16)9-4-3-5-10(15)13-9/h3-5,8,14H,2,6-7H2,1H3,(H,12,16)(H,13,15). The molecule has 1 atom stereocenters. The third-order valence-corrected chi connectivity index (χ3v) is 2.32. The molecule has 1 amide bonds. The van der Waals surface area contributed by atoms with Crippen LogP contribution in [0.15, 0.2) is 23.0 Å². The highest BCUT2D eigenvalue weighted by Gasteiger charge is 2.11. The Labute approximate surface area is 93.5 Å². The van der Waals surface area contributed by atoms with E-state index < -0.39 is 0 Å². The molecule has 1 heterocycles. The molecule has 0 radical (unpaired) electrons. The summed E-state index contributed by atoms with van der Waals surface area (Å²) in [7, 11) is 0. The van der Waals surface area contributed by atoms with Crippen LogP contribution < -0.4 is 10.9 Å². The van der Waals surface area contributed by atoms with Gasteiger partial charge in [-0.1, -0.05) is 13.0 Å². The van der Waals surface area contributed by atoms with Crippen molar-refractivity contribution < 1.29 is 9.90 Å². The number of pyridine rings is 1. The summed E-state index contributed by atoms with van der Waals surface area (Å²) in [5.74, 6) is -0.321. The van der Waals surface area contributed by atoms with Crippen LogP contribution in [0.4, 0.5) is 0 Å². The molecule has 5 heteroatoms. The third kappa shape index (κ3) is 3.51. The van der Waals surface area contributed by atoms with E-state index in [0.717, 1.165) is 6.42 Å². The lowest BCUT2D eigenvalue weighted by Crippen LogP contribution is -2.36. The van der Waals surface area contributed by atoms with Crippen molar-refractivity contribution >= 4 is 5.91 Å². The Bertz CT molecular complexity index is 400. The van der Waals surface area contributed by atoms with Crippen molar-refractivity contribution in [2.75, 3.05) is 6.61 Å². The van der Waals surface area contributed by atoms with E-state index in [4.69, 9.17) is 5.11 Å². The summed E-state index contributed by atoms with van der Waals surface area (Å²) in [6.07, 6.45) is 1.25. The topological polar surface area (TPSA) is 82.2 Å². The van der Waals surface area contributed by atoms with Gasteiger partial charge in [0.1, 0.15) is 5.69 Å². The highest BCUT2D eigenvalue weighted by molar-refractivity contribution is 5.92. The quantitative estimate of drug-likeness (QED) is 0.671. The van der Waals surface area contributed by atoms with Crippen LogP contribution in [0.3, 0.4) is 0 Å². The molecular weight excluding hydrogens is 208 g/mol. The average molecular weight is 224 g/mol. The second-order valence-electron chi connectivity index (χ2n) is 3.52. The van der Waals surface area contributed by atoms with E-state index in [0.29, 0.717) is 6.42 Å². The number of aliphatic hydroxyl groups excluding tert-OH is 1. The predicted octanol–water partition coefficient (Wildman–Crippen LogP) is 0.266. The van der Waals surface area contributed by atoms with Crippen LogP contribution in [0.2, 0.25) is 0 Å². The molecule has 1 rings (SSSR count). The maximum Gasteiger partial charge on any atom is 0.268 e. The minimum absolute atomic E-state index is 0.0318. The third-order valence-electron chi connectivity index (χ3n) is 2.32. The zero-order valence-corrected chi connectivity index (χ0v) is 9.19. The minimum Gasteiger partial charge on any atom is -0.396 e. The normalized spacial score (nSPS) is 12.1. The summed E-state index contributed by atoms with van der Waals surface area (Å²) in [5, 5.41) is 11.5. The lowest BCUT2D eigenvalue weighted by Gasteiger charge is -2.15. The van der Waals surface area contributed by atoms with Gasteiger partial charge in [0.15, 0.2) is 0 Å². The molecule has 0 fully saturated rings. The second-order valence-corrected chi connectivity index (χ2v) is 3.52. The number of nitrogens with one attached hydrogen (secondary N) is 2. The Morgan fingerprint density at radius 3 is 2.88 bits per heavy atom. The van der Waals surface area contributed by atoms with Crippen LogP contribution >= 0.6 is 0 Å². The van der Waals surface area contributed by atoms with Crippen LogP contribution in [0.5, 0.6) is 0 Å². The summed E-state index contributed by atoms with van der Waals surface area (Å²) >= 11 is 0. The maximum atomic E-state index is 11.7. The Hall–Kier alpha value is -1.62. The van der Waals surface area contributed by atoms with Gasteiger partial charge < -0.3 is 15.4 Å². The molecule has 0 aliphatic heterocycles. The number of amides is 1. The molecule has 5 nitrogen and oxygen atoms in total. The van der Waals surface area contributed by atoms with Crippen LogP contribution in [-0.2, 0) is 0 Å². The minimum atomic E-state index is -0.321. The summed E-state index contributed by atoms with van der Waals surface area (Å²) < 4.78 is 0.